The van der Waals surface area contributed by atoms with Crippen LogP contribution in [-0.2, 0) is 4.79 Å². The number of rotatable bonds is 1. The van der Waals surface area contributed by atoms with Crippen LogP contribution in [0.3, 0.4) is 0 Å². The molecule has 3 rings (SSSR count). The number of carbonyl (C=O) groups excluding carboxylic acids is 1. The molecule has 1 aliphatic rings. The number of thiophene rings is 1. The summed E-state index contributed by atoms with van der Waals surface area (Å²) in [4.78, 5) is 12.8. The normalized spacial score (nSPS) is 16.0. The van der Waals surface area contributed by atoms with Crippen molar-refractivity contribution < 1.29 is 9.53 Å². The summed E-state index contributed by atoms with van der Waals surface area (Å²) in [6.07, 6.45) is 1.71. The van der Waals surface area contributed by atoms with Gasteiger partial charge in [0.1, 0.15) is 5.69 Å². The molecule has 3 N–H and O–H groups in total. The molecule has 0 saturated heterocycles. The van der Waals surface area contributed by atoms with E-state index in [9.17, 15) is 4.79 Å². The van der Waals surface area contributed by atoms with Crippen LogP contribution in [0.15, 0.2) is 41.5 Å². The molecule has 0 atom stereocenters. The van der Waals surface area contributed by atoms with E-state index in [0.29, 0.717) is 17.1 Å². The Bertz CT molecular complexity index is 632. The lowest BCUT2D eigenvalue weighted by Gasteiger charge is -2.20. The number of amides is 1. The Kier molecular flexibility index (Phi) is 2.53. The quantitative estimate of drug-likeness (QED) is 0.610. The standard InChI is InChI=1S/C13H10N2O2S/c14-9-4-1-5-10-12(9)15-13(16)11(17-10)7-8-3-2-6-18-8/h1-7H,14H2,(H,15,16)/b11-7+. The number of hydrogen-bond acceptors (Lipinski definition) is 4. The number of nitrogen functional groups attached to an aromatic ring is 1. The van der Waals surface area contributed by atoms with Crippen LogP contribution in [0.4, 0.5) is 11.4 Å². The second-order valence-electron chi connectivity index (χ2n) is 3.80. The van der Waals surface area contributed by atoms with Gasteiger partial charge in [-0.15, -0.1) is 11.3 Å². The van der Waals surface area contributed by atoms with Gasteiger partial charge >= 0.3 is 0 Å². The summed E-state index contributed by atoms with van der Waals surface area (Å²) in [5.74, 6) is 0.557. The van der Waals surface area contributed by atoms with Crippen molar-refractivity contribution in [1.29, 1.82) is 0 Å². The number of nitrogens with two attached hydrogens (primary N) is 1. The predicted molar refractivity (Wildman–Crippen MR) is 72.4 cm³/mol. The number of ether oxygens (including phenoxy) is 1. The van der Waals surface area contributed by atoms with Crippen LogP contribution in [0.5, 0.6) is 5.75 Å². The first-order valence-corrected chi connectivity index (χ1v) is 6.25. The minimum atomic E-state index is -0.284. The number of nitrogens with one attached hydrogen (secondary N) is 1. The largest absolute Gasteiger partial charge is 0.449 e. The van der Waals surface area contributed by atoms with Crippen LogP contribution in [0, 0.1) is 0 Å². The third kappa shape index (κ3) is 1.84. The summed E-state index contributed by atoms with van der Waals surface area (Å²) in [6, 6.07) is 9.12. The minimum absolute atomic E-state index is 0.274. The van der Waals surface area contributed by atoms with Crippen molar-refractivity contribution in [2.45, 2.75) is 0 Å². The third-order valence-corrected chi connectivity index (χ3v) is 3.38. The van der Waals surface area contributed by atoms with Crippen molar-refractivity contribution in [3.8, 4) is 5.75 Å². The second kappa shape index (κ2) is 4.19. The van der Waals surface area contributed by atoms with Gasteiger partial charge in [-0.3, -0.25) is 4.79 Å². The predicted octanol–water partition coefficient (Wildman–Crippen LogP) is 2.70. The molecule has 0 radical (unpaired) electrons. The van der Waals surface area contributed by atoms with Crippen LogP contribution in [0.2, 0.25) is 0 Å². The van der Waals surface area contributed by atoms with E-state index < -0.39 is 0 Å². The Labute approximate surface area is 108 Å². The monoisotopic (exact) mass is 258 g/mol. The Morgan fingerprint density at radius 3 is 2.94 bits per heavy atom. The molecule has 1 aromatic carbocycles. The average Bonchev–Trinajstić information content (AvgIpc) is 2.84. The van der Waals surface area contributed by atoms with E-state index in [1.165, 1.54) is 0 Å². The fourth-order valence-electron chi connectivity index (χ4n) is 1.70. The number of para-hydroxylation sites is 1. The number of hydrogen-bond donors (Lipinski definition) is 2. The molecule has 0 spiro atoms. The molecule has 2 aromatic rings. The second-order valence-corrected chi connectivity index (χ2v) is 4.78. The van der Waals surface area contributed by atoms with Crippen LogP contribution >= 0.6 is 11.3 Å². The smallest absolute Gasteiger partial charge is 0.291 e. The van der Waals surface area contributed by atoms with Gasteiger partial charge in [-0.25, -0.2) is 0 Å². The van der Waals surface area contributed by atoms with Gasteiger partial charge in [-0.1, -0.05) is 12.1 Å². The highest BCUT2D eigenvalue weighted by molar-refractivity contribution is 7.10. The van der Waals surface area contributed by atoms with Crippen LogP contribution in [0.1, 0.15) is 4.88 Å². The molecule has 0 unspecified atom stereocenters. The topological polar surface area (TPSA) is 64.3 Å². The molecule has 90 valence electrons. The van der Waals surface area contributed by atoms with Crippen molar-refractivity contribution in [3.05, 3.63) is 46.3 Å². The molecule has 1 aliphatic heterocycles. The number of fused-ring (bicyclic) bond motifs is 1. The Balaban J connectivity index is 2.00. The van der Waals surface area contributed by atoms with Crippen LogP contribution in [0.25, 0.3) is 6.08 Å². The minimum Gasteiger partial charge on any atom is -0.449 e. The van der Waals surface area contributed by atoms with Crippen molar-refractivity contribution >= 4 is 34.7 Å². The molecule has 0 aliphatic carbocycles. The molecule has 1 aromatic heterocycles. The maximum atomic E-state index is 11.9. The van der Waals surface area contributed by atoms with Gasteiger partial charge in [0, 0.05) is 11.0 Å². The first-order valence-electron chi connectivity index (χ1n) is 5.37. The molecule has 4 nitrogen and oxygen atoms in total. The summed E-state index contributed by atoms with van der Waals surface area (Å²) in [6.45, 7) is 0. The maximum Gasteiger partial charge on any atom is 0.291 e. The SMILES string of the molecule is Nc1cccc2c1NC(=O)/C(=C\c1cccs1)O2. The van der Waals surface area contributed by atoms with Gasteiger partial charge in [0.25, 0.3) is 5.91 Å². The van der Waals surface area contributed by atoms with Gasteiger partial charge in [0.2, 0.25) is 0 Å². The summed E-state index contributed by atoms with van der Waals surface area (Å²) < 4.78 is 5.57. The summed E-state index contributed by atoms with van der Waals surface area (Å²) in [5, 5.41) is 4.68. The van der Waals surface area contributed by atoms with E-state index >= 15 is 0 Å². The Morgan fingerprint density at radius 1 is 1.28 bits per heavy atom. The lowest BCUT2D eigenvalue weighted by molar-refractivity contribution is -0.115. The number of anilines is 2. The van der Waals surface area contributed by atoms with Gasteiger partial charge in [-0.2, -0.15) is 0 Å². The van der Waals surface area contributed by atoms with E-state index in [-0.39, 0.29) is 11.7 Å². The highest BCUT2D eigenvalue weighted by Crippen LogP contribution is 2.35. The van der Waals surface area contributed by atoms with E-state index in [1.54, 1.807) is 35.6 Å². The van der Waals surface area contributed by atoms with Crippen molar-refractivity contribution in [1.82, 2.24) is 0 Å². The molecule has 2 heterocycles. The van der Waals surface area contributed by atoms with Crippen molar-refractivity contribution in [2.75, 3.05) is 11.1 Å². The summed E-state index contributed by atoms with van der Waals surface area (Å²) in [5.41, 5.74) is 6.80. The highest BCUT2D eigenvalue weighted by atomic mass is 32.1. The summed E-state index contributed by atoms with van der Waals surface area (Å²) >= 11 is 1.54. The lowest BCUT2D eigenvalue weighted by atomic mass is 10.2. The zero-order valence-electron chi connectivity index (χ0n) is 9.34. The Morgan fingerprint density at radius 2 is 2.17 bits per heavy atom. The molecule has 5 heteroatoms. The van der Waals surface area contributed by atoms with Gasteiger partial charge in [-0.05, 0) is 23.6 Å². The number of benzene rings is 1. The van der Waals surface area contributed by atoms with E-state index in [2.05, 4.69) is 5.32 Å². The third-order valence-electron chi connectivity index (χ3n) is 2.56. The Hall–Kier alpha value is -2.27. The average molecular weight is 258 g/mol. The lowest BCUT2D eigenvalue weighted by Crippen LogP contribution is -2.24. The number of carbonyl (C=O) groups is 1. The molecule has 0 bridgehead atoms. The highest BCUT2D eigenvalue weighted by Gasteiger charge is 2.23. The van der Waals surface area contributed by atoms with Crippen LogP contribution < -0.4 is 15.8 Å². The van der Waals surface area contributed by atoms with E-state index in [4.69, 9.17) is 10.5 Å². The van der Waals surface area contributed by atoms with Crippen molar-refractivity contribution in [2.24, 2.45) is 0 Å². The molecule has 0 fully saturated rings. The van der Waals surface area contributed by atoms with Crippen molar-refractivity contribution in [3.63, 3.8) is 0 Å². The fraction of sp³-hybridized carbons (Fsp3) is 0. The first kappa shape index (κ1) is 10.9. The molecule has 0 saturated carbocycles. The van der Waals surface area contributed by atoms with E-state index in [0.717, 1.165) is 4.88 Å². The van der Waals surface area contributed by atoms with Gasteiger partial charge in [0.15, 0.2) is 11.5 Å². The molecule has 18 heavy (non-hydrogen) atoms. The maximum absolute atomic E-state index is 11.9. The van der Waals surface area contributed by atoms with Gasteiger partial charge in [0.05, 0.1) is 5.69 Å². The molecular formula is C13H10N2O2S. The van der Waals surface area contributed by atoms with Crippen LogP contribution in [-0.4, -0.2) is 5.91 Å². The first-order chi connectivity index (χ1) is 8.74. The van der Waals surface area contributed by atoms with E-state index in [1.807, 2.05) is 17.5 Å². The molecule has 1 amide bonds. The van der Waals surface area contributed by atoms with Gasteiger partial charge < -0.3 is 15.8 Å². The molecular weight excluding hydrogens is 248 g/mol. The fourth-order valence-corrected chi connectivity index (χ4v) is 2.35. The zero-order valence-corrected chi connectivity index (χ0v) is 10.2. The zero-order chi connectivity index (χ0) is 12.5. The summed E-state index contributed by atoms with van der Waals surface area (Å²) in [7, 11) is 0.